The molecule has 0 fully saturated rings. The summed E-state index contributed by atoms with van der Waals surface area (Å²) in [5.74, 6) is 0. The zero-order chi connectivity index (χ0) is 8.72. The molecule has 0 saturated heterocycles. The van der Waals surface area contributed by atoms with Crippen molar-refractivity contribution in [1.29, 1.82) is 0 Å². The molecule has 0 radical (unpaired) electrons. The fourth-order valence-corrected chi connectivity index (χ4v) is 1.93. The standard InChI is InChI=1S/C10H14N2/c1-6-7-2-5-10(12)8(7)3-4-9(6)11/h3-4,10H,2,5,11-12H2,1H3. The second-order valence-corrected chi connectivity index (χ2v) is 3.49. The van der Waals surface area contributed by atoms with Gasteiger partial charge in [-0.2, -0.15) is 0 Å². The molecule has 2 nitrogen and oxygen atoms in total. The van der Waals surface area contributed by atoms with Gasteiger partial charge in [-0.25, -0.2) is 0 Å². The molecule has 1 aromatic carbocycles. The lowest BCUT2D eigenvalue weighted by Gasteiger charge is -2.08. The molecule has 0 heterocycles. The summed E-state index contributed by atoms with van der Waals surface area (Å²) in [6, 6.07) is 4.26. The van der Waals surface area contributed by atoms with E-state index in [0.29, 0.717) is 0 Å². The SMILES string of the molecule is Cc1c(N)ccc2c1CCC2N. The highest BCUT2D eigenvalue weighted by Crippen LogP contribution is 2.33. The predicted octanol–water partition coefficient (Wildman–Crippen LogP) is 1.52. The van der Waals surface area contributed by atoms with E-state index in [4.69, 9.17) is 11.5 Å². The van der Waals surface area contributed by atoms with E-state index in [1.54, 1.807) is 0 Å². The van der Waals surface area contributed by atoms with Crippen LogP contribution in [0, 0.1) is 6.92 Å². The fraction of sp³-hybridized carbons (Fsp3) is 0.400. The number of nitrogen functional groups attached to an aromatic ring is 1. The fourth-order valence-electron chi connectivity index (χ4n) is 1.93. The topological polar surface area (TPSA) is 52.0 Å². The molecule has 1 aromatic rings. The zero-order valence-electron chi connectivity index (χ0n) is 7.30. The highest BCUT2D eigenvalue weighted by molar-refractivity contribution is 5.55. The molecular formula is C10H14N2. The molecule has 12 heavy (non-hydrogen) atoms. The molecule has 1 atom stereocenters. The molecule has 0 aliphatic heterocycles. The Morgan fingerprint density at radius 1 is 1.42 bits per heavy atom. The Balaban J connectivity index is 2.60. The van der Waals surface area contributed by atoms with Gasteiger partial charge in [0.15, 0.2) is 0 Å². The number of benzene rings is 1. The van der Waals surface area contributed by atoms with Gasteiger partial charge in [0.05, 0.1) is 0 Å². The molecule has 1 aliphatic carbocycles. The Morgan fingerprint density at radius 2 is 2.17 bits per heavy atom. The van der Waals surface area contributed by atoms with E-state index in [0.717, 1.165) is 18.5 Å². The molecule has 1 aliphatic rings. The normalized spacial score (nSPS) is 21.0. The lowest BCUT2D eigenvalue weighted by molar-refractivity contribution is 0.713. The Kier molecular flexibility index (Phi) is 1.58. The third kappa shape index (κ3) is 0.916. The van der Waals surface area contributed by atoms with Gasteiger partial charge in [-0.05, 0) is 42.5 Å². The molecule has 0 spiro atoms. The monoisotopic (exact) mass is 162 g/mol. The summed E-state index contributed by atoms with van der Waals surface area (Å²) in [4.78, 5) is 0. The van der Waals surface area contributed by atoms with E-state index < -0.39 is 0 Å². The summed E-state index contributed by atoms with van der Waals surface area (Å²) in [6.07, 6.45) is 2.16. The van der Waals surface area contributed by atoms with Gasteiger partial charge < -0.3 is 11.5 Å². The summed E-state index contributed by atoms with van der Waals surface area (Å²) >= 11 is 0. The molecule has 1 unspecified atom stereocenters. The van der Waals surface area contributed by atoms with E-state index in [1.165, 1.54) is 16.7 Å². The third-order valence-electron chi connectivity index (χ3n) is 2.78. The van der Waals surface area contributed by atoms with Gasteiger partial charge in [0.25, 0.3) is 0 Å². The van der Waals surface area contributed by atoms with Crippen molar-refractivity contribution < 1.29 is 0 Å². The van der Waals surface area contributed by atoms with E-state index in [-0.39, 0.29) is 6.04 Å². The Morgan fingerprint density at radius 3 is 2.92 bits per heavy atom. The Hall–Kier alpha value is -1.02. The molecule has 0 aromatic heterocycles. The second-order valence-electron chi connectivity index (χ2n) is 3.49. The van der Waals surface area contributed by atoms with Crippen LogP contribution in [0.2, 0.25) is 0 Å². The van der Waals surface area contributed by atoms with Crippen molar-refractivity contribution in [2.75, 3.05) is 5.73 Å². The smallest absolute Gasteiger partial charge is 0.0346 e. The number of anilines is 1. The van der Waals surface area contributed by atoms with Crippen LogP contribution in [-0.4, -0.2) is 0 Å². The number of rotatable bonds is 0. The average molecular weight is 162 g/mol. The van der Waals surface area contributed by atoms with Crippen molar-refractivity contribution in [3.8, 4) is 0 Å². The van der Waals surface area contributed by atoms with E-state index in [1.807, 2.05) is 6.07 Å². The maximum atomic E-state index is 5.92. The Labute approximate surface area is 72.6 Å². The molecule has 2 rings (SSSR count). The van der Waals surface area contributed by atoms with Crippen molar-refractivity contribution in [2.24, 2.45) is 5.73 Å². The summed E-state index contributed by atoms with van der Waals surface area (Å²) < 4.78 is 0. The van der Waals surface area contributed by atoms with Crippen LogP contribution in [0.3, 0.4) is 0 Å². The van der Waals surface area contributed by atoms with Crippen LogP contribution in [0.25, 0.3) is 0 Å². The number of fused-ring (bicyclic) bond motifs is 1. The van der Waals surface area contributed by atoms with Crippen LogP contribution in [0.1, 0.15) is 29.2 Å². The van der Waals surface area contributed by atoms with Crippen molar-refractivity contribution in [2.45, 2.75) is 25.8 Å². The third-order valence-corrected chi connectivity index (χ3v) is 2.78. The van der Waals surface area contributed by atoms with Crippen LogP contribution < -0.4 is 11.5 Å². The maximum absolute atomic E-state index is 5.92. The number of hydrogen-bond acceptors (Lipinski definition) is 2. The van der Waals surface area contributed by atoms with Crippen molar-refractivity contribution in [1.82, 2.24) is 0 Å². The lowest BCUT2D eigenvalue weighted by Crippen LogP contribution is -2.05. The maximum Gasteiger partial charge on any atom is 0.0346 e. The Bertz CT molecular complexity index is 318. The van der Waals surface area contributed by atoms with Gasteiger partial charge >= 0.3 is 0 Å². The van der Waals surface area contributed by atoms with Gasteiger partial charge in [-0.3, -0.25) is 0 Å². The van der Waals surface area contributed by atoms with Crippen LogP contribution >= 0.6 is 0 Å². The zero-order valence-corrected chi connectivity index (χ0v) is 7.30. The summed E-state index contributed by atoms with van der Waals surface area (Å²) in [5.41, 5.74) is 16.5. The van der Waals surface area contributed by atoms with Crippen molar-refractivity contribution in [3.05, 3.63) is 28.8 Å². The molecule has 0 bridgehead atoms. The average Bonchev–Trinajstić information content (AvgIpc) is 2.41. The van der Waals surface area contributed by atoms with Crippen molar-refractivity contribution in [3.63, 3.8) is 0 Å². The van der Waals surface area contributed by atoms with Crippen molar-refractivity contribution >= 4 is 5.69 Å². The first-order valence-electron chi connectivity index (χ1n) is 4.33. The highest BCUT2D eigenvalue weighted by Gasteiger charge is 2.20. The summed E-state index contributed by atoms with van der Waals surface area (Å²) in [7, 11) is 0. The molecule has 0 amide bonds. The highest BCUT2D eigenvalue weighted by atomic mass is 14.7. The van der Waals surface area contributed by atoms with Crippen LogP contribution in [0.4, 0.5) is 5.69 Å². The number of hydrogen-bond donors (Lipinski definition) is 2. The summed E-state index contributed by atoms with van der Waals surface area (Å²) in [5, 5.41) is 0. The molecule has 0 saturated carbocycles. The van der Waals surface area contributed by atoms with Gasteiger partial charge in [-0.1, -0.05) is 6.07 Å². The predicted molar refractivity (Wildman–Crippen MR) is 50.8 cm³/mol. The van der Waals surface area contributed by atoms with Crippen LogP contribution in [0.5, 0.6) is 0 Å². The first kappa shape index (κ1) is 7.62. The largest absolute Gasteiger partial charge is 0.399 e. The first-order valence-corrected chi connectivity index (χ1v) is 4.33. The summed E-state index contributed by atoms with van der Waals surface area (Å²) in [6.45, 7) is 2.08. The van der Waals surface area contributed by atoms with Gasteiger partial charge in [-0.15, -0.1) is 0 Å². The minimum absolute atomic E-state index is 0.235. The second kappa shape index (κ2) is 2.49. The quantitative estimate of drug-likeness (QED) is 0.568. The van der Waals surface area contributed by atoms with E-state index >= 15 is 0 Å². The van der Waals surface area contributed by atoms with E-state index in [9.17, 15) is 0 Å². The van der Waals surface area contributed by atoms with E-state index in [2.05, 4.69) is 13.0 Å². The lowest BCUT2D eigenvalue weighted by atomic mass is 10.0. The molecular weight excluding hydrogens is 148 g/mol. The van der Waals surface area contributed by atoms with Crippen LogP contribution in [-0.2, 0) is 6.42 Å². The van der Waals surface area contributed by atoms with Crippen LogP contribution in [0.15, 0.2) is 12.1 Å². The first-order chi connectivity index (χ1) is 5.70. The molecule has 4 N–H and O–H groups in total. The minimum atomic E-state index is 0.235. The van der Waals surface area contributed by atoms with Gasteiger partial charge in [0.1, 0.15) is 0 Å². The van der Waals surface area contributed by atoms with Gasteiger partial charge in [0.2, 0.25) is 0 Å². The molecule has 64 valence electrons. The molecule has 2 heteroatoms. The van der Waals surface area contributed by atoms with Gasteiger partial charge in [0, 0.05) is 11.7 Å². The minimum Gasteiger partial charge on any atom is -0.399 e. The number of nitrogens with two attached hydrogens (primary N) is 2.